The molecule has 1 aromatic carbocycles. The van der Waals surface area contributed by atoms with Crippen molar-refractivity contribution in [2.45, 2.75) is 44.7 Å². The Kier molecular flexibility index (Phi) is 3.49. The van der Waals surface area contributed by atoms with Crippen molar-refractivity contribution in [3.63, 3.8) is 0 Å². The number of hydrogen-bond donors (Lipinski definition) is 1. The normalized spacial score (nSPS) is 29.8. The summed E-state index contributed by atoms with van der Waals surface area (Å²) in [6.07, 6.45) is 3.28. The minimum atomic E-state index is -0.324. The molecule has 1 N–H and O–H groups in total. The van der Waals surface area contributed by atoms with Gasteiger partial charge in [0, 0.05) is 6.04 Å². The van der Waals surface area contributed by atoms with Gasteiger partial charge < -0.3 is 0 Å². The van der Waals surface area contributed by atoms with Gasteiger partial charge in [-0.05, 0) is 31.2 Å². The third kappa shape index (κ3) is 2.35. The second kappa shape index (κ2) is 4.89. The standard InChI is InChI=1S/C15H20N2/c1-12-7-6-10-15(12,11-16)17-13(2)14-8-4-3-5-9-14/h3-5,8-9,12-13,17H,6-7,10H2,1-2H3/t12-,13-,15-/m0/s1. The highest BCUT2D eigenvalue weighted by molar-refractivity contribution is 5.21. The maximum absolute atomic E-state index is 9.47. The van der Waals surface area contributed by atoms with Crippen LogP contribution < -0.4 is 5.32 Å². The molecule has 0 aliphatic heterocycles. The van der Waals surface area contributed by atoms with Crippen LogP contribution in [0.1, 0.15) is 44.7 Å². The molecule has 0 unspecified atom stereocenters. The molecule has 2 heteroatoms. The Morgan fingerprint density at radius 2 is 2.12 bits per heavy atom. The number of nitrogens with zero attached hydrogens (tertiary/aromatic N) is 1. The van der Waals surface area contributed by atoms with Crippen LogP contribution in [0.3, 0.4) is 0 Å². The Bertz CT molecular complexity index is 407. The van der Waals surface area contributed by atoms with Gasteiger partial charge in [0.1, 0.15) is 5.54 Å². The molecule has 2 rings (SSSR count). The molecule has 1 fully saturated rings. The molecule has 3 atom stereocenters. The Balaban J connectivity index is 2.13. The lowest BCUT2D eigenvalue weighted by Crippen LogP contribution is -2.47. The fourth-order valence-corrected chi connectivity index (χ4v) is 2.80. The van der Waals surface area contributed by atoms with Crippen molar-refractivity contribution in [2.75, 3.05) is 0 Å². The van der Waals surface area contributed by atoms with Gasteiger partial charge in [-0.25, -0.2) is 0 Å². The topological polar surface area (TPSA) is 35.8 Å². The second-order valence-corrected chi connectivity index (χ2v) is 5.15. The maximum atomic E-state index is 9.47. The second-order valence-electron chi connectivity index (χ2n) is 5.15. The SMILES string of the molecule is C[C@H](N[C@]1(C#N)CCC[C@@H]1C)c1ccccc1. The first kappa shape index (κ1) is 12.1. The monoisotopic (exact) mass is 228 g/mol. The number of nitriles is 1. The lowest BCUT2D eigenvalue weighted by Gasteiger charge is -2.31. The Hall–Kier alpha value is -1.33. The first-order chi connectivity index (χ1) is 8.18. The minimum absolute atomic E-state index is 0.233. The molecule has 0 heterocycles. The van der Waals surface area contributed by atoms with Crippen LogP contribution in [0.15, 0.2) is 30.3 Å². The fraction of sp³-hybridized carbons (Fsp3) is 0.533. The molecule has 17 heavy (non-hydrogen) atoms. The highest BCUT2D eigenvalue weighted by Gasteiger charge is 2.41. The van der Waals surface area contributed by atoms with E-state index in [1.54, 1.807) is 0 Å². The average molecular weight is 228 g/mol. The highest BCUT2D eigenvalue weighted by Crippen LogP contribution is 2.36. The minimum Gasteiger partial charge on any atom is -0.293 e. The maximum Gasteiger partial charge on any atom is 0.109 e. The van der Waals surface area contributed by atoms with Crippen LogP contribution in [0, 0.1) is 17.2 Å². The van der Waals surface area contributed by atoms with Crippen LogP contribution >= 0.6 is 0 Å². The summed E-state index contributed by atoms with van der Waals surface area (Å²) in [6, 6.07) is 13.1. The summed E-state index contributed by atoms with van der Waals surface area (Å²) in [6.45, 7) is 4.32. The zero-order valence-electron chi connectivity index (χ0n) is 10.6. The summed E-state index contributed by atoms with van der Waals surface area (Å²) in [7, 11) is 0. The summed E-state index contributed by atoms with van der Waals surface area (Å²) in [5.74, 6) is 0.443. The van der Waals surface area contributed by atoms with Crippen LogP contribution in [0.5, 0.6) is 0 Å². The van der Waals surface area contributed by atoms with Crippen LogP contribution in [-0.2, 0) is 0 Å². The van der Waals surface area contributed by atoms with E-state index in [0.717, 1.165) is 19.3 Å². The Morgan fingerprint density at radius 3 is 2.65 bits per heavy atom. The summed E-state index contributed by atoms with van der Waals surface area (Å²) in [5, 5.41) is 13.0. The van der Waals surface area contributed by atoms with Gasteiger partial charge in [0.25, 0.3) is 0 Å². The number of nitrogens with one attached hydrogen (secondary N) is 1. The summed E-state index contributed by atoms with van der Waals surface area (Å²) in [4.78, 5) is 0. The van der Waals surface area contributed by atoms with E-state index in [1.807, 2.05) is 18.2 Å². The van der Waals surface area contributed by atoms with E-state index < -0.39 is 0 Å². The largest absolute Gasteiger partial charge is 0.293 e. The van der Waals surface area contributed by atoms with Crippen molar-refractivity contribution in [1.29, 1.82) is 5.26 Å². The average Bonchev–Trinajstić information content (AvgIpc) is 2.72. The summed E-state index contributed by atoms with van der Waals surface area (Å²) < 4.78 is 0. The first-order valence-electron chi connectivity index (χ1n) is 6.42. The van der Waals surface area contributed by atoms with Crippen molar-refractivity contribution in [2.24, 2.45) is 5.92 Å². The molecule has 1 aliphatic carbocycles. The molecule has 0 bridgehead atoms. The summed E-state index contributed by atoms with van der Waals surface area (Å²) >= 11 is 0. The van der Waals surface area contributed by atoms with Crippen LogP contribution in [0.2, 0.25) is 0 Å². The van der Waals surface area contributed by atoms with Gasteiger partial charge in [0.05, 0.1) is 6.07 Å². The van der Waals surface area contributed by atoms with Gasteiger partial charge in [0.2, 0.25) is 0 Å². The summed E-state index contributed by atoms with van der Waals surface area (Å²) in [5.41, 5.74) is 0.927. The van der Waals surface area contributed by atoms with Gasteiger partial charge in [-0.3, -0.25) is 5.32 Å². The Labute approximate surface area is 104 Å². The molecular weight excluding hydrogens is 208 g/mol. The zero-order chi connectivity index (χ0) is 12.3. The van der Waals surface area contributed by atoms with Crippen molar-refractivity contribution in [1.82, 2.24) is 5.32 Å². The highest BCUT2D eigenvalue weighted by atomic mass is 15.0. The quantitative estimate of drug-likeness (QED) is 0.860. The van der Waals surface area contributed by atoms with Gasteiger partial charge in [-0.15, -0.1) is 0 Å². The third-order valence-corrected chi connectivity index (χ3v) is 4.02. The predicted molar refractivity (Wildman–Crippen MR) is 69.4 cm³/mol. The molecule has 1 aromatic rings. The van der Waals surface area contributed by atoms with Gasteiger partial charge >= 0.3 is 0 Å². The molecule has 0 saturated heterocycles. The molecule has 1 saturated carbocycles. The van der Waals surface area contributed by atoms with Crippen LogP contribution in [0.25, 0.3) is 0 Å². The molecule has 2 nitrogen and oxygen atoms in total. The molecule has 90 valence electrons. The molecule has 0 amide bonds. The van der Waals surface area contributed by atoms with Gasteiger partial charge in [-0.1, -0.05) is 43.7 Å². The predicted octanol–water partition coefficient (Wildman–Crippen LogP) is 3.42. The fourth-order valence-electron chi connectivity index (χ4n) is 2.80. The van der Waals surface area contributed by atoms with E-state index in [0.29, 0.717) is 5.92 Å². The molecule has 0 radical (unpaired) electrons. The smallest absolute Gasteiger partial charge is 0.109 e. The van der Waals surface area contributed by atoms with E-state index in [4.69, 9.17) is 0 Å². The molecule has 1 aliphatic rings. The Morgan fingerprint density at radius 1 is 1.41 bits per heavy atom. The van der Waals surface area contributed by atoms with Crippen LogP contribution in [-0.4, -0.2) is 5.54 Å². The lowest BCUT2D eigenvalue weighted by molar-refractivity contribution is 0.306. The molecule has 0 spiro atoms. The van der Waals surface area contributed by atoms with Crippen molar-refractivity contribution in [3.8, 4) is 6.07 Å². The molecular formula is C15H20N2. The van der Waals surface area contributed by atoms with E-state index in [-0.39, 0.29) is 11.6 Å². The molecule has 0 aromatic heterocycles. The third-order valence-electron chi connectivity index (χ3n) is 4.02. The van der Waals surface area contributed by atoms with Crippen molar-refractivity contribution >= 4 is 0 Å². The number of hydrogen-bond acceptors (Lipinski definition) is 2. The number of benzene rings is 1. The van der Waals surface area contributed by atoms with E-state index in [1.165, 1.54) is 5.56 Å². The van der Waals surface area contributed by atoms with Crippen molar-refractivity contribution in [3.05, 3.63) is 35.9 Å². The van der Waals surface area contributed by atoms with Crippen LogP contribution in [0.4, 0.5) is 0 Å². The lowest BCUT2D eigenvalue weighted by atomic mass is 9.88. The van der Waals surface area contributed by atoms with Crippen molar-refractivity contribution < 1.29 is 0 Å². The van der Waals surface area contributed by atoms with E-state index >= 15 is 0 Å². The zero-order valence-corrected chi connectivity index (χ0v) is 10.6. The van der Waals surface area contributed by atoms with E-state index in [9.17, 15) is 5.26 Å². The first-order valence-corrected chi connectivity index (χ1v) is 6.42. The number of rotatable bonds is 3. The van der Waals surface area contributed by atoms with E-state index in [2.05, 4.69) is 37.4 Å². The van der Waals surface area contributed by atoms with Gasteiger partial charge in [0.15, 0.2) is 0 Å². The van der Waals surface area contributed by atoms with Gasteiger partial charge in [-0.2, -0.15) is 5.26 Å².